The normalized spacial score (nSPS) is 12.8. The monoisotopic (exact) mass is 888 g/mol. The van der Waals surface area contributed by atoms with Gasteiger partial charge in [-0.05, 0) is 50.2 Å². The number of carbonyl (C=O) groups excluding carboxylic acids is 2. The van der Waals surface area contributed by atoms with Gasteiger partial charge >= 0.3 is 30.8 Å². The Morgan fingerprint density at radius 1 is 0.689 bits per heavy atom. The Hall–Kier alpha value is -6.00. The van der Waals surface area contributed by atoms with Gasteiger partial charge in [-0.25, -0.2) is 47.4 Å². The Labute approximate surface area is 374 Å². The zero-order chi connectivity index (χ0) is 42.5. The number of rotatable bonds is 10. The maximum absolute atomic E-state index is 12.7. The largest absolute Gasteiger partial charge is 1.00 e. The van der Waals surface area contributed by atoms with E-state index in [-0.39, 0.29) is 30.4 Å². The third-order valence-corrected chi connectivity index (χ3v) is 8.09. The molecule has 1 amide bonds. The van der Waals surface area contributed by atoms with Gasteiger partial charge in [0.1, 0.15) is 19.0 Å². The summed E-state index contributed by atoms with van der Waals surface area (Å²) in [7, 11) is 0. The van der Waals surface area contributed by atoms with Gasteiger partial charge in [0.25, 0.3) is 5.92 Å². The van der Waals surface area contributed by atoms with Crippen molar-refractivity contribution in [1.29, 1.82) is 0 Å². The number of halogens is 5. The fourth-order valence-corrected chi connectivity index (χ4v) is 5.35. The first-order valence-electron chi connectivity index (χ1n) is 17.3. The summed E-state index contributed by atoms with van der Waals surface area (Å²) in [4.78, 5) is 46.7. The third-order valence-electron chi connectivity index (χ3n) is 7.38. The fraction of sp³-hybridized carbons (Fsp3) is 0.154. The number of amides is 1. The van der Waals surface area contributed by atoms with Crippen molar-refractivity contribution in [3.8, 4) is 34.2 Å². The minimum atomic E-state index is -2.77. The number of nitrogens with zero attached hydrogens (tertiary/aromatic N) is 10. The summed E-state index contributed by atoms with van der Waals surface area (Å²) in [6, 6.07) is 21.4. The Morgan fingerprint density at radius 3 is 1.41 bits per heavy atom. The van der Waals surface area contributed by atoms with Crippen LogP contribution in [0, 0.1) is 0 Å². The number of likely N-dealkylation sites (tertiary alicyclic amines) is 1. The molecule has 1 aliphatic heterocycles. The average Bonchev–Trinajstić information content (AvgIpc) is 3.97. The second-order valence-electron chi connectivity index (χ2n) is 12.5. The minimum Gasteiger partial charge on any atom is -0.870 e. The topological polar surface area (TPSA) is 206 Å². The van der Waals surface area contributed by atoms with E-state index in [1.165, 1.54) is 63.8 Å². The van der Waals surface area contributed by atoms with Gasteiger partial charge in [0.2, 0.25) is 5.91 Å². The van der Waals surface area contributed by atoms with E-state index in [4.69, 9.17) is 44.6 Å². The summed E-state index contributed by atoms with van der Waals surface area (Å²) >= 11 is 17.7. The van der Waals surface area contributed by atoms with Crippen LogP contribution < -0.4 is 18.9 Å². The molecule has 6 aromatic rings. The first-order valence-corrected chi connectivity index (χ1v) is 18.4. The van der Waals surface area contributed by atoms with Crippen molar-refractivity contribution in [1.82, 2.24) is 49.2 Å². The Kier molecular flexibility index (Phi) is 18.7. The molecule has 7 rings (SSSR count). The molecular weight excluding hydrogens is 856 g/mol. The Bertz CT molecular complexity index is 2500. The van der Waals surface area contributed by atoms with Crippen molar-refractivity contribution in [3.05, 3.63) is 125 Å². The van der Waals surface area contributed by atoms with Crippen LogP contribution in [0.3, 0.4) is 0 Å². The van der Waals surface area contributed by atoms with E-state index in [0.717, 1.165) is 27.7 Å². The molecule has 22 heteroatoms. The molecule has 1 aliphatic rings. The van der Waals surface area contributed by atoms with Crippen LogP contribution in [0.25, 0.3) is 52.8 Å². The number of aliphatic carboxylic acids is 1. The number of esters is 1. The van der Waals surface area contributed by atoms with Crippen molar-refractivity contribution in [2.75, 3.05) is 13.1 Å². The number of carbonyl (C=O) groups is 3. The minimum absolute atomic E-state index is 0. The van der Waals surface area contributed by atoms with E-state index in [0.29, 0.717) is 32.5 Å². The summed E-state index contributed by atoms with van der Waals surface area (Å²) in [5, 5.41) is 22.7. The fourth-order valence-electron chi connectivity index (χ4n) is 4.78. The van der Waals surface area contributed by atoms with E-state index in [1.807, 2.05) is 24.3 Å². The zero-order valence-corrected chi connectivity index (χ0v) is 34.8. The molecule has 0 radical (unpaired) electrons. The number of hydrogen-bond acceptors (Lipinski definition) is 11. The number of ether oxygens (including phenoxy) is 1. The molecule has 0 bridgehead atoms. The van der Waals surface area contributed by atoms with Crippen molar-refractivity contribution < 1.29 is 57.3 Å². The molecule has 3 aromatic heterocycles. The number of alkyl halides is 2. The number of benzene rings is 3. The van der Waals surface area contributed by atoms with E-state index in [9.17, 15) is 23.2 Å². The second kappa shape index (κ2) is 23.1. The molecule has 0 atom stereocenters. The number of hydrogen-bond donors (Lipinski definition) is 1. The van der Waals surface area contributed by atoms with Crippen molar-refractivity contribution >= 4 is 71.2 Å². The predicted molar refractivity (Wildman–Crippen MR) is 220 cm³/mol. The van der Waals surface area contributed by atoms with Gasteiger partial charge in [-0.3, -0.25) is 4.79 Å². The van der Waals surface area contributed by atoms with Crippen molar-refractivity contribution in [2.24, 2.45) is 0 Å². The predicted octanol–water partition coefficient (Wildman–Crippen LogP) is 4.55. The number of carboxylic acid groups (broad SMARTS) is 1. The summed E-state index contributed by atoms with van der Waals surface area (Å²) in [6.07, 6.45) is 11.9. The van der Waals surface area contributed by atoms with Gasteiger partial charge in [0.05, 0.1) is 19.2 Å². The van der Waals surface area contributed by atoms with Gasteiger partial charge in [-0.2, -0.15) is 0 Å². The van der Waals surface area contributed by atoms with Crippen LogP contribution >= 0.6 is 34.8 Å². The molecule has 4 heterocycles. The average molecular weight is 890 g/mol. The molecule has 0 unspecified atom stereocenters. The SMILES string of the molecule is CC(C)OC(=O)/C=C\n1cnc(-c2cccc(Cl)c2)n1.O=C(/C=C\n1cnc(-c2cccc(Cl)c2)n1)N1CC(F)(F)C1.O=C(O)/C=C\n1cnc(-c2cccc(Cl)c2)n1.[Li+].[OH-]. The molecule has 1 saturated heterocycles. The van der Waals surface area contributed by atoms with Gasteiger partial charge in [-0.15, -0.1) is 15.3 Å². The van der Waals surface area contributed by atoms with Gasteiger partial charge < -0.3 is 20.2 Å². The molecule has 0 aliphatic carbocycles. The van der Waals surface area contributed by atoms with E-state index < -0.39 is 36.9 Å². The van der Waals surface area contributed by atoms with Crippen LogP contribution in [-0.2, 0) is 19.1 Å². The number of carboxylic acids is 1. The van der Waals surface area contributed by atoms with Crippen LogP contribution in [0.1, 0.15) is 13.8 Å². The van der Waals surface area contributed by atoms with Crippen molar-refractivity contribution in [3.63, 3.8) is 0 Å². The second-order valence-corrected chi connectivity index (χ2v) is 13.8. The summed E-state index contributed by atoms with van der Waals surface area (Å²) in [5.41, 5.74) is 2.34. The van der Waals surface area contributed by atoms with Crippen LogP contribution in [-0.4, -0.2) is 103 Å². The van der Waals surface area contributed by atoms with Gasteiger partial charge in [-0.1, -0.05) is 71.2 Å². The summed E-state index contributed by atoms with van der Waals surface area (Å²) in [5.74, 6) is -3.22. The maximum Gasteiger partial charge on any atom is 1.00 e. The molecule has 61 heavy (non-hydrogen) atoms. The van der Waals surface area contributed by atoms with Crippen LogP contribution in [0.4, 0.5) is 8.78 Å². The molecule has 2 N–H and O–H groups in total. The number of aromatic nitrogens is 9. The first-order chi connectivity index (χ1) is 28.1. The van der Waals surface area contributed by atoms with E-state index in [2.05, 4.69) is 30.2 Å². The molecule has 0 spiro atoms. The van der Waals surface area contributed by atoms with Crippen molar-refractivity contribution in [2.45, 2.75) is 25.9 Å². The third kappa shape index (κ3) is 15.8. The molecule has 16 nitrogen and oxygen atoms in total. The summed E-state index contributed by atoms with van der Waals surface area (Å²) in [6.45, 7) is 2.50. The maximum atomic E-state index is 12.7. The van der Waals surface area contributed by atoms with E-state index >= 15 is 0 Å². The molecular formula is C39H34Cl3F2LiN10O6. The van der Waals surface area contributed by atoms with Gasteiger partial charge in [0, 0.05) is 68.6 Å². The molecule has 312 valence electrons. The van der Waals surface area contributed by atoms with Crippen LogP contribution in [0.15, 0.2) is 110 Å². The van der Waals surface area contributed by atoms with E-state index in [1.54, 1.807) is 62.4 Å². The van der Waals surface area contributed by atoms with Crippen LogP contribution in [0.5, 0.6) is 0 Å². The first kappa shape index (κ1) is 49.4. The zero-order valence-electron chi connectivity index (χ0n) is 32.5. The molecule has 1 fully saturated rings. The summed E-state index contributed by atoms with van der Waals surface area (Å²) < 4.78 is 34.4. The Morgan fingerprint density at radius 2 is 1.07 bits per heavy atom. The quantitative estimate of drug-likeness (QED) is 0.114. The smallest absolute Gasteiger partial charge is 0.870 e. The molecule has 0 saturated carbocycles. The van der Waals surface area contributed by atoms with Crippen LogP contribution in [0.2, 0.25) is 15.1 Å². The Balaban J connectivity index is 0.000000242. The van der Waals surface area contributed by atoms with Gasteiger partial charge in [0.15, 0.2) is 17.5 Å². The molecule has 3 aromatic carbocycles. The standard InChI is InChI=1S/C14H11ClF2N4O.C14H14ClN3O2.C11H8ClN3O2.Li.H2O/c15-11-3-1-2-10(6-11)13-18-9-21(19-13)5-4-12(22)20-7-14(16,17)8-20;1-10(2)20-13(19)6-7-18-9-16-14(17-18)11-4-3-5-12(15)8-11;12-9-3-1-2-8(6-9)11-13-7-15(14-11)5-4-10(16)17;;/h1-6,9H,7-8H2;3-10H,1-2H3;1-7H,(H,16,17);;1H2/q;;;+1;/p-1/b5-4-;7-6-;5-4-;;.